The Hall–Kier alpha value is -0.0600. The van der Waals surface area contributed by atoms with Crippen LogP contribution in [-0.2, 0) is 0 Å². The van der Waals surface area contributed by atoms with Gasteiger partial charge >= 0.3 is 0 Å². The fraction of sp³-hybridized carbons (Fsp3) is 0.545. The first kappa shape index (κ1) is 13.0. The third-order valence-corrected chi connectivity index (χ3v) is 3.40. The average molecular weight is 289 g/mol. The monoisotopic (exact) mass is 288 g/mol. The van der Waals surface area contributed by atoms with Gasteiger partial charge in [0.25, 0.3) is 0 Å². The molecule has 0 saturated heterocycles. The molecule has 0 aromatic carbocycles. The maximum absolute atomic E-state index is 4.33. The highest BCUT2D eigenvalue weighted by Crippen LogP contribution is 2.21. The third kappa shape index (κ3) is 5.54. The predicted octanol–water partition coefficient (Wildman–Crippen LogP) is 3.32. The fourth-order valence-electron chi connectivity index (χ4n) is 1.16. The van der Waals surface area contributed by atoms with Crippen molar-refractivity contribution in [2.24, 2.45) is 0 Å². The van der Waals surface area contributed by atoms with Gasteiger partial charge in [0.1, 0.15) is 0 Å². The van der Waals surface area contributed by atoms with Crippen LogP contribution in [0.15, 0.2) is 27.8 Å². The zero-order chi connectivity index (χ0) is 11.1. The Bertz CT molecular complexity index is 276. The van der Waals surface area contributed by atoms with Gasteiger partial charge in [0.15, 0.2) is 0 Å². The first-order valence-electron chi connectivity index (χ1n) is 5.21. The normalized spacial score (nSPS) is 12.7. The van der Waals surface area contributed by atoms with Gasteiger partial charge in [-0.25, -0.2) is 4.98 Å². The van der Waals surface area contributed by atoms with E-state index in [0.29, 0.717) is 5.25 Å². The number of thioether (sulfide) groups is 1. The Labute approximate surface area is 104 Å². The molecular weight excluding hydrogens is 272 g/mol. The minimum Gasteiger partial charge on any atom is -0.316 e. The molecule has 0 aliphatic rings. The van der Waals surface area contributed by atoms with E-state index < -0.39 is 0 Å². The molecule has 2 nitrogen and oxygen atoms in total. The number of halogens is 1. The van der Waals surface area contributed by atoms with Crippen LogP contribution in [0.2, 0.25) is 0 Å². The Morgan fingerprint density at radius 1 is 1.53 bits per heavy atom. The van der Waals surface area contributed by atoms with E-state index in [0.717, 1.165) is 22.6 Å². The minimum atomic E-state index is 0.560. The quantitative estimate of drug-likeness (QED) is 0.642. The van der Waals surface area contributed by atoms with Crippen LogP contribution in [0.4, 0.5) is 0 Å². The summed E-state index contributed by atoms with van der Waals surface area (Å²) in [5.74, 6) is 0. The Morgan fingerprint density at radius 3 is 2.93 bits per heavy atom. The summed E-state index contributed by atoms with van der Waals surface area (Å²) in [5.41, 5.74) is 0. The van der Waals surface area contributed by atoms with Crippen LogP contribution in [0.25, 0.3) is 0 Å². The number of aromatic nitrogens is 1. The highest BCUT2D eigenvalue weighted by molar-refractivity contribution is 9.10. The second kappa shape index (κ2) is 7.25. The molecule has 0 aliphatic heterocycles. The molecular formula is C11H17BrN2S. The molecule has 15 heavy (non-hydrogen) atoms. The Morgan fingerprint density at radius 2 is 2.33 bits per heavy atom. The van der Waals surface area contributed by atoms with Crippen molar-refractivity contribution in [2.45, 2.75) is 30.5 Å². The van der Waals surface area contributed by atoms with E-state index in [1.807, 2.05) is 30.1 Å². The molecule has 1 atom stereocenters. The highest BCUT2D eigenvalue weighted by atomic mass is 79.9. The Balaban J connectivity index is 2.31. The largest absolute Gasteiger partial charge is 0.316 e. The zero-order valence-electron chi connectivity index (χ0n) is 9.16. The van der Waals surface area contributed by atoms with Crippen LogP contribution in [0.3, 0.4) is 0 Å². The number of nitrogens with one attached hydrogen (secondary N) is 1. The van der Waals surface area contributed by atoms with Gasteiger partial charge in [0, 0.05) is 22.5 Å². The van der Waals surface area contributed by atoms with Gasteiger partial charge in [0.2, 0.25) is 0 Å². The number of hydrogen-bond acceptors (Lipinski definition) is 3. The summed E-state index contributed by atoms with van der Waals surface area (Å²) in [6.45, 7) is 6.53. The molecule has 1 heterocycles. The fourth-order valence-corrected chi connectivity index (χ4v) is 2.27. The lowest BCUT2D eigenvalue weighted by molar-refractivity contribution is 0.668. The van der Waals surface area contributed by atoms with Gasteiger partial charge in [0.05, 0.1) is 5.03 Å². The molecule has 1 aromatic rings. The summed E-state index contributed by atoms with van der Waals surface area (Å²) in [6.07, 6.45) is 3.03. The van der Waals surface area contributed by atoms with Crippen LogP contribution < -0.4 is 5.32 Å². The molecule has 84 valence electrons. The predicted molar refractivity (Wildman–Crippen MR) is 70.4 cm³/mol. The standard InChI is InChI=1S/C11H17BrN2S/c1-3-6-13-7-9(2)15-11-5-4-10(12)8-14-11/h4-5,8-9,13H,3,6-7H2,1-2H3. The molecule has 0 saturated carbocycles. The molecule has 0 aliphatic carbocycles. The zero-order valence-corrected chi connectivity index (χ0v) is 11.6. The van der Waals surface area contributed by atoms with E-state index in [1.165, 1.54) is 6.42 Å². The molecule has 1 unspecified atom stereocenters. The SMILES string of the molecule is CCCNCC(C)Sc1ccc(Br)cn1. The van der Waals surface area contributed by atoms with Gasteiger partial charge in [-0.3, -0.25) is 0 Å². The molecule has 1 rings (SSSR count). The van der Waals surface area contributed by atoms with Gasteiger partial charge in [-0.05, 0) is 41.0 Å². The number of rotatable bonds is 6. The molecule has 0 bridgehead atoms. The topological polar surface area (TPSA) is 24.9 Å². The van der Waals surface area contributed by atoms with Crippen LogP contribution in [0, 0.1) is 0 Å². The smallest absolute Gasteiger partial charge is 0.0963 e. The van der Waals surface area contributed by atoms with E-state index in [1.54, 1.807) is 0 Å². The molecule has 0 spiro atoms. The number of nitrogens with zero attached hydrogens (tertiary/aromatic N) is 1. The third-order valence-electron chi connectivity index (χ3n) is 1.88. The summed E-state index contributed by atoms with van der Waals surface area (Å²) in [7, 11) is 0. The molecule has 1 N–H and O–H groups in total. The maximum Gasteiger partial charge on any atom is 0.0963 e. The number of pyridine rings is 1. The van der Waals surface area contributed by atoms with E-state index >= 15 is 0 Å². The lowest BCUT2D eigenvalue weighted by atomic mass is 10.4. The van der Waals surface area contributed by atoms with Gasteiger partial charge in [-0.2, -0.15) is 0 Å². The summed E-state index contributed by atoms with van der Waals surface area (Å²) >= 11 is 5.19. The second-order valence-corrected chi connectivity index (χ2v) is 5.82. The molecule has 0 fully saturated rings. The number of hydrogen-bond donors (Lipinski definition) is 1. The second-order valence-electron chi connectivity index (χ2n) is 3.45. The summed E-state index contributed by atoms with van der Waals surface area (Å²) in [4.78, 5) is 4.33. The Kier molecular flexibility index (Phi) is 6.29. The lowest BCUT2D eigenvalue weighted by Gasteiger charge is -2.11. The first-order chi connectivity index (χ1) is 7.22. The summed E-state index contributed by atoms with van der Waals surface area (Å²) < 4.78 is 1.03. The van der Waals surface area contributed by atoms with Crippen molar-refractivity contribution in [3.05, 3.63) is 22.8 Å². The van der Waals surface area contributed by atoms with Gasteiger partial charge in [-0.1, -0.05) is 13.8 Å². The van der Waals surface area contributed by atoms with Gasteiger partial charge < -0.3 is 5.32 Å². The van der Waals surface area contributed by atoms with Crippen LogP contribution in [0.5, 0.6) is 0 Å². The molecule has 1 aromatic heterocycles. The van der Waals surface area contributed by atoms with E-state index in [-0.39, 0.29) is 0 Å². The maximum atomic E-state index is 4.33. The van der Waals surface area contributed by atoms with Crippen LogP contribution in [0.1, 0.15) is 20.3 Å². The van der Waals surface area contributed by atoms with E-state index in [2.05, 4.69) is 40.1 Å². The highest BCUT2D eigenvalue weighted by Gasteiger charge is 2.04. The first-order valence-corrected chi connectivity index (χ1v) is 6.88. The van der Waals surface area contributed by atoms with Crippen LogP contribution in [-0.4, -0.2) is 23.3 Å². The van der Waals surface area contributed by atoms with Crippen molar-refractivity contribution in [2.75, 3.05) is 13.1 Å². The van der Waals surface area contributed by atoms with Crippen molar-refractivity contribution < 1.29 is 0 Å². The van der Waals surface area contributed by atoms with Crippen molar-refractivity contribution in [3.8, 4) is 0 Å². The lowest BCUT2D eigenvalue weighted by Crippen LogP contribution is -2.23. The molecule has 0 radical (unpaired) electrons. The van der Waals surface area contributed by atoms with E-state index in [4.69, 9.17) is 0 Å². The van der Waals surface area contributed by atoms with Crippen molar-refractivity contribution in [1.29, 1.82) is 0 Å². The molecule has 0 amide bonds. The average Bonchev–Trinajstić information content (AvgIpc) is 2.22. The van der Waals surface area contributed by atoms with Gasteiger partial charge in [-0.15, -0.1) is 11.8 Å². The summed E-state index contributed by atoms with van der Waals surface area (Å²) in [6, 6.07) is 4.08. The molecule has 4 heteroatoms. The van der Waals surface area contributed by atoms with Crippen LogP contribution >= 0.6 is 27.7 Å². The minimum absolute atomic E-state index is 0.560. The van der Waals surface area contributed by atoms with Crippen molar-refractivity contribution >= 4 is 27.7 Å². The summed E-state index contributed by atoms with van der Waals surface area (Å²) in [5, 5.41) is 5.06. The van der Waals surface area contributed by atoms with Crippen molar-refractivity contribution in [1.82, 2.24) is 10.3 Å². The van der Waals surface area contributed by atoms with Crippen molar-refractivity contribution in [3.63, 3.8) is 0 Å². The van der Waals surface area contributed by atoms with E-state index in [9.17, 15) is 0 Å².